The summed E-state index contributed by atoms with van der Waals surface area (Å²) in [7, 11) is 1.29. The van der Waals surface area contributed by atoms with Gasteiger partial charge >= 0.3 is 5.97 Å². The van der Waals surface area contributed by atoms with Gasteiger partial charge in [0.15, 0.2) is 0 Å². The molecule has 1 N–H and O–H groups in total. The molecule has 5 heteroatoms. The molecule has 1 aromatic carbocycles. The van der Waals surface area contributed by atoms with Crippen molar-refractivity contribution in [3.63, 3.8) is 0 Å². The Hall–Kier alpha value is -1.88. The highest BCUT2D eigenvalue weighted by atomic mass is 16.7. The van der Waals surface area contributed by atoms with Crippen LogP contribution in [0.2, 0.25) is 0 Å². The minimum Gasteiger partial charge on any atom is -0.466 e. The van der Waals surface area contributed by atoms with E-state index < -0.39 is 17.7 Å². The van der Waals surface area contributed by atoms with Gasteiger partial charge in [-0.05, 0) is 37.8 Å². The van der Waals surface area contributed by atoms with Gasteiger partial charge in [0.25, 0.3) is 5.60 Å². The maximum absolute atomic E-state index is 12.3. The number of rotatable bonds is 4. The summed E-state index contributed by atoms with van der Waals surface area (Å²) in [5.74, 6) is -0.760. The van der Waals surface area contributed by atoms with Gasteiger partial charge in [-0.15, -0.1) is 0 Å². The summed E-state index contributed by atoms with van der Waals surface area (Å²) in [6.07, 6.45) is -0.800. The highest BCUT2D eigenvalue weighted by Gasteiger charge is 2.55. The van der Waals surface area contributed by atoms with Crippen LogP contribution in [0.15, 0.2) is 17.3 Å². The van der Waals surface area contributed by atoms with Crippen LogP contribution in [0.3, 0.4) is 0 Å². The van der Waals surface area contributed by atoms with E-state index in [1.807, 2.05) is 34.6 Å². The second-order valence-corrected chi connectivity index (χ2v) is 6.65. The van der Waals surface area contributed by atoms with Crippen molar-refractivity contribution >= 4 is 11.7 Å². The molecule has 0 spiro atoms. The first-order valence-electron chi connectivity index (χ1n) is 7.82. The van der Waals surface area contributed by atoms with Crippen molar-refractivity contribution in [2.24, 2.45) is 11.1 Å². The number of carbonyl (C=O) groups excluding carboxylic acids is 1. The Bertz CT molecular complexity index is 627. The minimum absolute atomic E-state index is 0.163. The number of aliphatic hydroxyl groups is 1. The number of oxime groups is 1. The molecule has 0 fully saturated rings. The molecule has 1 aliphatic heterocycles. The van der Waals surface area contributed by atoms with Crippen molar-refractivity contribution in [2.75, 3.05) is 7.11 Å². The van der Waals surface area contributed by atoms with Crippen LogP contribution in [0.4, 0.5) is 0 Å². The van der Waals surface area contributed by atoms with E-state index in [2.05, 4.69) is 17.3 Å². The molecule has 5 nitrogen and oxygen atoms in total. The van der Waals surface area contributed by atoms with E-state index in [1.54, 1.807) is 0 Å². The molecular weight excluding hydrogens is 294 g/mol. The van der Waals surface area contributed by atoms with E-state index in [4.69, 9.17) is 9.57 Å². The zero-order chi connectivity index (χ0) is 17.4. The number of benzene rings is 1. The van der Waals surface area contributed by atoms with Crippen molar-refractivity contribution < 1.29 is 19.5 Å². The second-order valence-electron chi connectivity index (χ2n) is 6.65. The van der Waals surface area contributed by atoms with E-state index in [0.29, 0.717) is 5.71 Å². The molecule has 0 unspecified atom stereocenters. The third-order valence-electron chi connectivity index (χ3n) is 4.35. The summed E-state index contributed by atoms with van der Waals surface area (Å²) in [4.78, 5) is 17.8. The molecule has 2 atom stereocenters. The van der Waals surface area contributed by atoms with Crippen LogP contribution in [0.5, 0.6) is 0 Å². The number of nitrogens with zero attached hydrogens (tertiary/aromatic N) is 1. The van der Waals surface area contributed by atoms with Crippen molar-refractivity contribution in [3.05, 3.63) is 34.4 Å². The third-order valence-corrected chi connectivity index (χ3v) is 4.35. The van der Waals surface area contributed by atoms with Crippen molar-refractivity contribution in [1.29, 1.82) is 0 Å². The van der Waals surface area contributed by atoms with Crippen LogP contribution in [-0.2, 0) is 14.4 Å². The van der Waals surface area contributed by atoms with Crippen molar-refractivity contribution in [2.45, 2.75) is 52.7 Å². The van der Waals surface area contributed by atoms with Gasteiger partial charge in [0.05, 0.1) is 19.2 Å². The summed E-state index contributed by atoms with van der Waals surface area (Å²) in [5.41, 5.74) is 3.49. The van der Waals surface area contributed by atoms with Crippen LogP contribution >= 0.6 is 0 Å². The van der Waals surface area contributed by atoms with Crippen molar-refractivity contribution in [1.82, 2.24) is 0 Å². The Morgan fingerprint density at radius 3 is 2.35 bits per heavy atom. The second kappa shape index (κ2) is 6.32. The highest BCUT2D eigenvalue weighted by molar-refractivity contribution is 6.07. The average molecular weight is 319 g/mol. The van der Waals surface area contributed by atoms with Gasteiger partial charge in [-0.3, -0.25) is 0 Å². The summed E-state index contributed by atoms with van der Waals surface area (Å²) >= 11 is 0. The first-order chi connectivity index (χ1) is 10.7. The molecule has 1 aliphatic rings. The Labute approximate surface area is 137 Å². The summed E-state index contributed by atoms with van der Waals surface area (Å²) < 4.78 is 4.88. The monoisotopic (exact) mass is 319 g/mol. The number of methoxy groups -OCH3 is 1. The van der Waals surface area contributed by atoms with E-state index in [0.717, 1.165) is 16.7 Å². The normalized spacial score (nSPS) is 21.8. The maximum atomic E-state index is 12.3. The highest BCUT2D eigenvalue weighted by Crippen LogP contribution is 2.35. The molecule has 0 aromatic heterocycles. The molecule has 1 aromatic rings. The maximum Gasteiger partial charge on any atom is 0.356 e. The Morgan fingerprint density at radius 2 is 1.87 bits per heavy atom. The first-order valence-corrected chi connectivity index (χ1v) is 7.82. The zero-order valence-corrected chi connectivity index (χ0v) is 14.6. The van der Waals surface area contributed by atoms with Crippen LogP contribution < -0.4 is 0 Å². The lowest BCUT2D eigenvalue weighted by Crippen LogP contribution is -2.52. The first kappa shape index (κ1) is 17.5. The molecule has 0 amide bonds. The number of carbonyl (C=O) groups is 1. The summed E-state index contributed by atoms with van der Waals surface area (Å²) in [6, 6.07) is 4.14. The van der Waals surface area contributed by atoms with Gasteiger partial charge in [-0.25, -0.2) is 4.79 Å². The lowest BCUT2D eigenvalue weighted by atomic mass is 9.82. The van der Waals surface area contributed by atoms with Gasteiger partial charge in [0.1, 0.15) is 6.10 Å². The average Bonchev–Trinajstić information content (AvgIpc) is 2.90. The molecule has 126 valence electrons. The zero-order valence-electron chi connectivity index (χ0n) is 14.6. The topological polar surface area (TPSA) is 68.1 Å². The van der Waals surface area contributed by atoms with Crippen LogP contribution in [0, 0.1) is 26.7 Å². The molecule has 0 bridgehead atoms. The molecule has 0 saturated heterocycles. The van der Waals surface area contributed by atoms with E-state index in [9.17, 15) is 9.90 Å². The van der Waals surface area contributed by atoms with Crippen LogP contribution in [0.25, 0.3) is 0 Å². The number of hydrogen-bond acceptors (Lipinski definition) is 5. The largest absolute Gasteiger partial charge is 0.466 e. The van der Waals surface area contributed by atoms with Gasteiger partial charge in [-0.1, -0.05) is 36.7 Å². The fraction of sp³-hybridized carbons (Fsp3) is 0.556. The number of aliphatic hydroxyl groups excluding tert-OH is 1. The Balaban J connectivity index is 2.42. The Morgan fingerprint density at radius 1 is 1.30 bits per heavy atom. The fourth-order valence-electron chi connectivity index (χ4n) is 3.32. The molecule has 1 heterocycles. The van der Waals surface area contributed by atoms with E-state index >= 15 is 0 Å². The molecule has 23 heavy (non-hydrogen) atoms. The predicted molar refractivity (Wildman–Crippen MR) is 88.5 cm³/mol. The lowest BCUT2D eigenvalue weighted by molar-refractivity contribution is -0.185. The smallest absolute Gasteiger partial charge is 0.356 e. The van der Waals surface area contributed by atoms with Crippen LogP contribution in [0.1, 0.15) is 42.5 Å². The number of hydrogen-bond donors (Lipinski definition) is 1. The number of esters is 1. The molecule has 2 rings (SSSR count). The van der Waals surface area contributed by atoms with Gasteiger partial charge < -0.3 is 14.7 Å². The van der Waals surface area contributed by atoms with Gasteiger partial charge in [-0.2, -0.15) is 0 Å². The molecule has 0 radical (unpaired) electrons. The van der Waals surface area contributed by atoms with E-state index in [-0.39, 0.29) is 12.3 Å². The predicted octanol–water partition coefficient (Wildman–Crippen LogP) is 2.66. The number of ether oxygens (including phenoxy) is 1. The van der Waals surface area contributed by atoms with Crippen molar-refractivity contribution in [3.8, 4) is 0 Å². The fourth-order valence-corrected chi connectivity index (χ4v) is 3.32. The quantitative estimate of drug-likeness (QED) is 0.866. The lowest BCUT2D eigenvalue weighted by Gasteiger charge is -2.31. The summed E-state index contributed by atoms with van der Waals surface area (Å²) in [6.45, 7) is 9.72. The SMILES string of the molecule is COC(=O)[C@]1([C@@H](O)C(C)C)CC(c2c(C)cc(C)cc2C)=NO1. The molecule has 0 saturated carbocycles. The number of aryl methyl sites for hydroxylation is 3. The summed E-state index contributed by atoms with van der Waals surface area (Å²) in [5, 5.41) is 14.7. The standard InChI is InChI=1S/C18H25NO4/c1-10(2)16(20)18(17(21)22-6)9-14(19-23-18)15-12(4)7-11(3)8-13(15)5/h7-8,10,16,20H,9H2,1-6H3/t16-,18+/m0/s1. The third kappa shape index (κ3) is 2.98. The molecular formula is C18H25NO4. The molecule has 0 aliphatic carbocycles. The van der Waals surface area contributed by atoms with Gasteiger partial charge in [0.2, 0.25) is 0 Å². The van der Waals surface area contributed by atoms with Crippen LogP contribution in [-0.4, -0.2) is 35.6 Å². The Kier molecular flexibility index (Phi) is 4.80. The van der Waals surface area contributed by atoms with E-state index in [1.165, 1.54) is 12.7 Å². The van der Waals surface area contributed by atoms with Gasteiger partial charge in [0, 0.05) is 5.56 Å². The minimum atomic E-state index is -1.47.